The Morgan fingerprint density at radius 1 is 1.21 bits per heavy atom. The van der Waals surface area contributed by atoms with Gasteiger partial charge in [-0.1, -0.05) is 0 Å². The number of carboxylic acids is 1. The van der Waals surface area contributed by atoms with Crippen LogP contribution in [0.25, 0.3) is 21.9 Å². The standard InChI is InChI=1S/C16H9F3N2O3/c17-10-4-6-3-8-14(22)9(16(23)24)5-21(7-1-2-7)15(8)20-13(6)12(19)11(10)18/h3-5,7H,1-2H2,(H,23,24). The molecule has 8 heteroatoms. The molecule has 1 N–H and O–H groups in total. The number of halogens is 3. The van der Waals surface area contributed by atoms with E-state index in [1.165, 1.54) is 10.8 Å². The zero-order valence-electron chi connectivity index (χ0n) is 12.0. The largest absolute Gasteiger partial charge is 0.477 e. The zero-order chi connectivity index (χ0) is 17.2. The molecule has 0 saturated heterocycles. The Morgan fingerprint density at radius 3 is 2.54 bits per heavy atom. The Morgan fingerprint density at radius 2 is 1.92 bits per heavy atom. The van der Waals surface area contributed by atoms with Crippen LogP contribution in [-0.2, 0) is 0 Å². The number of pyridine rings is 2. The second-order valence-electron chi connectivity index (χ2n) is 5.73. The van der Waals surface area contributed by atoms with Gasteiger partial charge in [-0.2, -0.15) is 0 Å². The van der Waals surface area contributed by atoms with E-state index in [0.717, 1.165) is 25.0 Å². The molecule has 0 amide bonds. The van der Waals surface area contributed by atoms with Gasteiger partial charge in [-0.25, -0.2) is 22.9 Å². The predicted octanol–water partition coefficient (Wildman–Crippen LogP) is 3.00. The minimum Gasteiger partial charge on any atom is -0.477 e. The molecule has 1 aromatic carbocycles. The summed E-state index contributed by atoms with van der Waals surface area (Å²) in [6, 6.07) is 1.83. The van der Waals surface area contributed by atoms with Gasteiger partial charge in [0.2, 0.25) is 5.43 Å². The lowest BCUT2D eigenvalue weighted by molar-refractivity contribution is 0.0695. The monoisotopic (exact) mass is 334 g/mol. The molecule has 1 fully saturated rings. The first kappa shape index (κ1) is 14.7. The maximum atomic E-state index is 14.0. The number of hydrogen-bond acceptors (Lipinski definition) is 3. The second kappa shape index (κ2) is 4.80. The maximum absolute atomic E-state index is 14.0. The van der Waals surface area contributed by atoms with Crippen molar-refractivity contribution in [3.8, 4) is 0 Å². The number of benzene rings is 1. The molecule has 2 heterocycles. The highest BCUT2D eigenvalue weighted by atomic mass is 19.2. The van der Waals surface area contributed by atoms with Crippen LogP contribution in [0.4, 0.5) is 13.2 Å². The molecule has 0 bridgehead atoms. The average molecular weight is 334 g/mol. The number of hydrogen-bond donors (Lipinski definition) is 1. The van der Waals surface area contributed by atoms with Crippen LogP contribution in [0.3, 0.4) is 0 Å². The van der Waals surface area contributed by atoms with Gasteiger partial charge in [0.25, 0.3) is 0 Å². The van der Waals surface area contributed by atoms with E-state index in [1.807, 2.05) is 0 Å². The van der Waals surface area contributed by atoms with E-state index < -0.39 is 39.9 Å². The summed E-state index contributed by atoms with van der Waals surface area (Å²) in [4.78, 5) is 27.6. The van der Waals surface area contributed by atoms with Crippen LogP contribution in [0.15, 0.2) is 23.1 Å². The Hall–Kier alpha value is -2.90. The highest BCUT2D eigenvalue weighted by Crippen LogP contribution is 2.37. The van der Waals surface area contributed by atoms with Gasteiger partial charge in [-0.3, -0.25) is 4.79 Å². The second-order valence-corrected chi connectivity index (χ2v) is 5.73. The molecule has 2 aromatic heterocycles. The van der Waals surface area contributed by atoms with Crippen molar-refractivity contribution in [1.29, 1.82) is 0 Å². The molecule has 4 rings (SSSR count). The van der Waals surface area contributed by atoms with Crippen molar-refractivity contribution < 1.29 is 23.1 Å². The van der Waals surface area contributed by atoms with Gasteiger partial charge in [0.15, 0.2) is 17.5 Å². The van der Waals surface area contributed by atoms with Gasteiger partial charge in [-0.05, 0) is 25.0 Å². The van der Waals surface area contributed by atoms with E-state index in [0.29, 0.717) is 0 Å². The Balaban J connectivity index is 2.20. The van der Waals surface area contributed by atoms with Crippen molar-refractivity contribution in [2.75, 3.05) is 0 Å². The summed E-state index contributed by atoms with van der Waals surface area (Å²) in [6.07, 6.45) is 2.69. The third-order valence-electron chi connectivity index (χ3n) is 4.10. The highest BCUT2D eigenvalue weighted by molar-refractivity contribution is 5.96. The number of rotatable bonds is 2. The zero-order valence-corrected chi connectivity index (χ0v) is 12.0. The molecule has 24 heavy (non-hydrogen) atoms. The first-order valence-electron chi connectivity index (χ1n) is 7.15. The SMILES string of the molecule is O=C(O)c1cn(C2CC2)c2nc3c(F)c(F)c(F)cc3cc2c1=O. The Labute approximate surface area is 132 Å². The van der Waals surface area contributed by atoms with Gasteiger partial charge in [0.05, 0.1) is 5.39 Å². The summed E-state index contributed by atoms with van der Waals surface area (Å²) in [7, 11) is 0. The van der Waals surface area contributed by atoms with Gasteiger partial charge < -0.3 is 9.67 Å². The number of carbonyl (C=O) groups is 1. The first-order valence-corrected chi connectivity index (χ1v) is 7.15. The number of fused-ring (bicyclic) bond motifs is 2. The van der Waals surface area contributed by atoms with Crippen molar-refractivity contribution in [3.63, 3.8) is 0 Å². The molecule has 0 atom stereocenters. The van der Waals surface area contributed by atoms with E-state index >= 15 is 0 Å². The fourth-order valence-electron chi connectivity index (χ4n) is 2.76. The lowest BCUT2D eigenvalue weighted by Gasteiger charge is -2.12. The summed E-state index contributed by atoms with van der Waals surface area (Å²) < 4.78 is 42.3. The van der Waals surface area contributed by atoms with E-state index in [-0.39, 0.29) is 22.5 Å². The number of nitrogens with zero attached hydrogens (tertiary/aromatic N) is 2. The molecule has 122 valence electrons. The topological polar surface area (TPSA) is 72.2 Å². The predicted molar refractivity (Wildman–Crippen MR) is 78.6 cm³/mol. The third kappa shape index (κ3) is 1.99. The number of carboxylic acid groups (broad SMARTS) is 1. The minimum atomic E-state index is -1.64. The van der Waals surface area contributed by atoms with Gasteiger partial charge in [0, 0.05) is 17.6 Å². The Bertz CT molecular complexity index is 1100. The molecule has 1 saturated carbocycles. The molecule has 0 radical (unpaired) electrons. The molecule has 1 aliphatic rings. The summed E-state index contributed by atoms with van der Waals surface area (Å²) in [5, 5.41) is 9.01. The quantitative estimate of drug-likeness (QED) is 0.578. The molecule has 0 spiro atoms. The summed E-state index contributed by atoms with van der Waals surface area (Å²) in [6.45, 7) is 0. The first-order chi connectivity index (χ1) is 11.4. The molecular weight excluding hydrogens is 325 g/mol. The minimum absolute atomic E-state index is 0.0514. The van der Waals surface area contributed by atoms with E-state index in [2.05, 4.69) is 4.98 Å². The van der Waals surface area contributed by atoms with Gasteiger partial charge in [0.1, 0.15) is 16.7 Å². The fourth-order valence-corrected chi connectivity index (χ4v) is 2.76. The van der Waals surface area contributed by atoms with Crippen molar-refractivity contribution >= 4 is 27.9 Å². The molecule has 5 nitrogen and oxygen atoms in total. The van der Waals surface area contributed by atoms with Gasteiger partial charge in [-0.15, -0.1) is 0 Å². The van der Waals surface area contributed by atoms with E-state index in [1.54, 1.807) is 0 Å². The average Bonchev–Trinajstić information content (AvgIpc) is 3.37. The van der Waals surface area contributed by atoms with Crippen LogP contribution in [0.5, 0.6) is 0 Å². The van der Waals surface area contributed by atoms with Crippen LogP contribution in [0, 0.1) is 17.5 Å². The fraction of sp³-hybridized carbons (Fsp3) is 0.188. The smallest absolute Gasteiger partial charge is 0.341 e. The highest BCUT2D eigenvalue weighted by Gasteiger charge is 2.28. The molecule has 1 aliphatic carbocycles. The molecule has 0 unspecified atom stereocenters. The summed E-state index contributed by atoms with van der Waals surface area (Å²) in [5.41, 5.74) is -1.59. The lowest BCUT2D eigenvalue weighted by Crippen LogP contribution is -2.19. The van der Waals surface area contributed by atoms with Crippen molar-refractivity contribution in [2.45, 2.75) is 18.9 Å². The molecular formula is C16H9F3N2O3. The van der Waals surface area contributed by atoms with Crippen LogP contribution in [0.1, 0.15) is 29.2 Å². The number of aromatic nitrogens is 2. The Kier molecular flexibility index (Phi) is 2.93. The lowest BCUT2D eigenvalue weighted by atomic mass is 10.1. The molecule has 0 aliphatic heterocycles. The van der Waals surface area contributed by atoms with Crippen LogP contribution >= 0.6 is 0 Å². The summed E-state index contributed by atoms with van der Waals surface area (Å²) >= 11 is 0. The van der Waals surface area contributed by atoms with Gasteiger partial charge >= 0.3 is 5.97 Å². The third-order valence-corrected chi connectivity index (χ3v) is 4.10. The van der Waals surface area contributed by atoms with Crippen molar-refractivity contribution in [2.24, 2.45) is 0 Å². The maximum Gasteiger partial charge on any atom is 0.341 e. The van der Waals surface area contributed by atoms with Crippen LogP contribution in [0.2, 0.25) is 0 Å². The van der Waals surface area contributed by atoms with E-state index in [4.69, 9.17) is 0 Å². The normalized spacial score (nSPS) is 14.5. The van der Waals surface area contributed by atoms with Crippen molar-refractivity contribution in [1.82, 2.24) is 9.55 Å². The van der Waals surface area contributed by atoms with Crippen LogP contribution in [-0.4, -0.2) is 20.6 Å². The molecule has 3 aromatic rings. The van der Waals surface area contributed by atoms with Crippen LogP contribution < -0.4 is 5.43 Å². The van der Waals surface area contributed by atoms with E-state index in [9.17, 15) is 27.9 Å². The summed E-state index contributed by atoms with van der Waals surface area (Å²) in [5.74, 6) is -5.88. The van der Waals surface area contributed by atoms with Crippen molar-refractivity contribution in [3.05, 3.63) is 51.6 Å². The number of aromatic carboxylic acids is 1.